The van der Waals surface area contributed by atoms with E-state index in [1.807, 2.05) is 0 Å². The zero-order valence-electron chi connectivity index (χ0n) is 20.6. The highest BCUT2D eigenvalue weighted by Gasteiger charge is 2.34. The zero-order chi connectivity index (χ0) is 23.2. The highest BCUT2D eigenvalue weighted by molar-refractivity contribution is 7.51. The van der Waals surface area contributed by atoms with Crippen molar-refractivity contribution in [3.05, 3.63) is 83.9 Å². The molecule has 1 saturated carbocycles. The van der Waals surface area contributed by atoms with Gasteiger partial charge in [0.1, 0.15) is 0 Å². The third-order valence-corrected chi connectivity index (χ3v) is 10.2. The van der Waals surface area contributed by atoms with Crippen molar-refractivity contribution in [1.82, 2.24) is 0 Å². The Balaban J connectivity index is 1.49. The molecule has 34 heavy (non-hydrogen) atoms. The van der Waals surface area contributed by atoms with Crippen molar-refractivity contribution < 1.29 is 4.52 Å². The van der Waals surface area contributed by atoms with Gasteiger partial charge >= 0.3 is 0 Å². The molecule has 1 aliphatic heterocycles. The molecular weight excluding hydrogens is 431 g/mol. The van der Waals surface area contributed by atoms with Crippen LogP contribution in [0.2, 0.25) is 0 Å². The SMILES string of the molecule is CC(C)[C@@H]1CC[C@@H](C)C[C@@H]1OP1Cc2ccc3ccccc3c2-c2c(ccc3ccccc23)C1. The Hall–Kier alpha value is -2.21. The highest BCUT2D eigenvalue weighted by Crippen LogP contribution is 2.56. The van der Waals surface area contributed by atoms with Crippen LogP contribution in [0.3, 0.4) is 0 Å². The van der Waals surface area contributed by atoms with Crippen molar-refractivity contribution in [2.45, 2.75) is 58.5 Å². The molecule has 2 heteroatoms. The monoisotopic (exact) mass is 466 g/mol. The van der Waals surface area contributed by atoms with Crippen molar-refractivity contribution in [2.75, 3.05) is 0 Å². The summed E-state index contributed by atoms with van der Waals surface area (Å²) in [5, 5.41) is 5.41. The van der Waals surface area contributed by atoms with E-state index in [1.165, 1.54) is 63.1 Å². The van der Waals surface area contributed by atoms with E-state index in [0.29, 0.717) is 17.9 Å². The predicted molar refractivity (Wildman–Crippen MR) is 147 cm³/mol. The van der Waals surface area contributed by atoms with Gasteiger partial charge in [-0.25, -0.2) is 0 Å². The summed E-state index contributed by atoms with van der Waals surface area (Å²) in [6.45, 7) is 7.19. The van der Waals surface area contributed by atoms with Crippen LogP contribution in [0.5, 0.6) is 0 Å². The van der Waals surface area contributed by atoms with Gasteiger partial charge in [-0.05, 0) is 74.4 Å². The summed E-state index contributed by atoms with van der Waals surface area (Å²) in [5.41, 5.74) is 5.81. The van der Waals surface area contributed by atoms with Gasteiger partial charge in [-0.3, -0.25) is 0 Å². The second-order valence-electron chi connectivity index (χ2n) is 10.9. The molecule has 174 valence electrons. The van der Waals surface area contributed by atoms with Crippen LogP contribution in [0.4, 0.5) is 0 Å². The van der Waals surface area contributed by atoms with Crippen LogP contribution in [0.15, 0.2) is 72.8 Å². The summed E-state index contributed by atoms with van der Waals surface area (Å²) in [6, 6.07) is 27.2. The number of benzene rings is 4. The quantitative estimate of drug-likeness (QED) is 0.273. The Morgan fingerprint density at radius 3 is 1.85 bits per heavy atom. The summed E-state index contributed by atoms with van der Waals surface area (Å²) < 4.78 is 7.16. The minimum Gasteiger partial charge on any atom is -0.355 e. The lowest BCUT2D eigenvalue weighted by atomic mass is 9.75. The summed E-state index contributed by atoms with van der Waals surface area (Å²) in [4.78, 5) is 0. The van der Waals surface area contributed by atoms with Gasteiger partial charge in [0.25, 0.3) is 0 Å². The lowest BCUT2D eigenvalue weighted by Crippen LogP contribution is -2.33. The fourth-order valence-corrected chi connectivity index (χ4v) is 8.60. The predicted octanol–water partition coefficient (Wildman–Crippen LogP) is 9.55. The average molecular weight is 467 g/mol. The maximum Gasteiger partial charge on any atom is 0.0651 e. The Morgan fingerprint density at radius 1 is 0.735 bits per heavy atom. The van der Waals surface area contributed by atoms with E-state index in [0.717, 1.165) is 18.2 Å². The van der Waals surface area contributed by atoms with Crippen LogP contribution in [0.1, 0.15) is 51.2 Å². The van der Waals surface area contributed by atoms with Crippen LogP contribution < -0.4 is 0 Å². The molecule has 3 atom stereocenters. The van der Waals surface area contributed by atoms with E-state index < -0.39 is 8.15 Å². The Morgan fingerprint density at radius 2 is 1.29 bits per heavy atom. The Bertz CT molecular complexity index is 1250. The number of rotatable bonds is 3. The van der Waals surface area contributed by atoms with Crippen LogP contribution in [0.25, 0.3) is 32.7 Å². The van der Waals surface area contributed by atoms with Gasteiger partial charge < -0.3 is 4.52 Å². The molecule has 0 bridgehead atoms. The molecule has 1 heterocycles. The first-order valence-corrected chi connectivity index (χ1v) is 14.6. The molecule has 6 rings (SSSR count). The zero-order valence-corrected chi connectivity index (χ0v) is 21.5. The standard InChI is InChI=1S/C32H35OP/c1-21(2)27-17-12-22(3)18-30(27)33-34-19-25-15-13-23-8-4-6-10-28(23)31(25)32-26(20-34)16-14-24-9-5-7-11-29(24)32/h4-11,13-16,21-22,27,30H,12,17-20H2,1-3H3/t22-,27+,30+/m1/s1. The fourth-order valence-electron chi connectivity index (χ4n) is 6.43. The number of hydrogen-bond acceptors (Lipinski definition) is 1. The molecule has 0 radical (unpaired) electrons. The molecule has 0 unspecified atom stereocenters. The van der Waals surface area contributed by atoms with Gasteiger partial charge in [0.2, 0.25) is 0 Å². The molecular formula is C32H35OP. The minimum atomic E-state index is -0.576. The number of fused-ring (bicyclic) bond motifs is 7. The van der Waals surface area contributed by atoms with Crippen LogP contribution in [-0.2, 0) is 16.8 Å². The van der Waals surface area contributed by atoms with E-state index in [1.54, 1.807) is 0 Å². The summed E-state index contributed by atoms with van der Waals surface area (Å²) in [6.07, 6.45) is 6.39. The molecule has 1 fully saturated rings. The van der Waals surface area contributed by atoms with E-state index in [2.05, 4.69) is 93.6 Å². The van der Waals surface area contributed by atoms with E-state index in [9.17, 15) is 0 Å². The van der Waals surface area contributed by atoms with Gasteiger partial charge in [0, 0.05) is 20.5 Å². The molecule has 0 amide bonds. The third-order valence-electron chi connectivity index (χ3n) is 8.22. The van der Waals surface area contributed by atoms with Crippen molar-refractivity contribution in [3.63, 3.8) is 0 Å². The first-order chi connectivity index (χ1) is 16.6. The van der Waals surface area contributed by atoms with Gasteiger partial charge in [0.15, 0.2) is 0 Å². The van der Waals surface area contributed by atoms with E-state index in [4.69, 9.17) is 4.52 Å². The van der Waals surface area contributed by atoms with Gasteiger partial charge in [-0.1, -0.05) is 100.0 Å². The lowest BCUT2D eigenvalue weighted by molar-refractivity contribution is 0.0548. The van der Waals surface area contributed by atoms with E-state index in [-0.39, 0.29) is 0 Å². The Kier molecular flexibility index (Phi) is 5.96. The second-order valence-corrected chi connectivity index (χ2v) is 12.7. The molecule has 0 spiro atoms. The van der Waals surface area contributed by atoms with Crippen molar-refractivity contribution >= 4 is 29.7 Å². The van der Waals surface area contributed by atoms with Crippen molar-refractivity contribution in [3.8, 4) is 11.1 Å². The fraction of sp³-hybridized carbons (Fsp3) is 0.375. The first kappa shape index (κ1) is 22.3. The number of hydrogen-bond donors (Lipinski definition) is 0. The van der Waals surface area contributed by atoms with Crippen molar-refractivity contribution in [2.24, 2.45) is 17.8 Å². The van der Waals surface area contributed by atoms with Crippen LogP contribution in [-0.4, -0.2) is 6.10 Å². The summed E-state index contributed by atoms with van der Waals surface area (Å²) in [5.74, 6) is 2.15. The largest absolute Gasteiger partial charge is 0.355 e. The third kappa shape index (κ3) is 3.98. The smallest absolute Gasteiger partial charge is 0.0651 e. The van der Waals surface area contributed by atoms with Gasteiger partial charge in [-0.2, -0.15) is 0 Å². The summed E-state index contributed by atoms with van der Waals surface area (Å²) >= 11 is 0. The molecule has 0 saturated heterocycles. The molecule has 0 N–H and O–H groups in total. The average Bonchev–Trinajstić information content (AvgIpc) is 3.00. The maximum absolute atomic E-state index is 7.16. The highest BCUT2D eigenvalue weighted by atomic mass is 31.1. The van der Waals surface area contributed by atoms with Crippen LogP contribution in [0, 0.1) is 17.8 Å². The topological polar surface area (TPSA) is 9.23 Å². The summed E-state index contributed by atoms with van der Waals surface area (Å²) in [7, 11) is -0.576. The van der Waals surface area contributed by atoms with Gasteiger partial charge in [0.05, 0.1) is 6.10 Å². The normalized spacial score (nSPS) is 23.1. The minimum absolute atomic E-state index is 0.403. The molecule has 0 aromatic heterocycles. The van der Waals surface area contributed by atoms with Crippen LogP contribution >= 0.6 is 8.15 Å². The molecule has 1 aliphatic carbocycles. The first-order valence-electron chi connectivity index (χ1n) is 13.0. The molecule has 2 aliphatic rings. The maximum atomic E-state index is 7.16. The lowest BCUT2D eigenvalue weighted by Gasteiger charge is -2.39. The molecule has 1 nitrogen and oxygen atoms in total. The molecule has 4 aromatic carbocycles. The molecule has 4 aromatic rings. The van der Waals surface area contributed by atoms with Crippen molar-refractivity contribution in [1.29, 1.82) is 0 Å². The van der Waals surface area contributed by atoms with E-state index >= 15 is 0 Å². The second kappa shape index (κ2) is 9.10. The Labute approximate surface area is 205 Å². The van der Waals surface area contributed by atoms with Gasteiger partial charge in [-0.15, -0.1) is 0 Å².